The molecule has 1 N–H and O–H groups in total. The van der Waals surface area contributed by atoms with Crippen molar-refractivity contribution in [1.82, 2.24) is 0 Å². The Balaban J connectivity index is 0. The van der Waals surface area contributed by atoms with E-state index in [9.17, 15) is 4.79 Å². The Morgan fingerprint density at radius 2 is 1.88 bits per heavy atom. The van der Waals surface area contributed by atoms with E-state index in [-0.39, 0.29) is 0 Å². The van der Waals surface area contributed by atoms with E-state index in [4.69, 9.17) is 5.11 Å². The number of aliphatic carboxylic acids is 1. The molecule has 0 aromatic heterocycles. The summed E-state index contributed by atoms with van der Waals surface area (Å²) in [6, 6.07) is 0. The van der Waals surface area contributed by atoms with Crippen molar-refractivity contribution in [3.8, 4) is 0 Å². The number of rotatable bonds is 1. The third-order valence-corrected chi connectivity index (χ3v) is 0.175. The first-order chi connectivity index (χ1) is 3.68. The summed E-state index contributed by atoms with van der Waals surface area (Å²) in [5, 5.41) is 7.60. The average molecular weight is 159 g/mol. The van der Waals surface area contributed by atoms with Gasteiger partial charge < -0.3 is 5.11 Å². The Hall–Kier alpha value is -0.250. The van der Waals surface area contributed by atoms with Gasteiger partial charge >= 0.3 is 5.97 Å². The van der Waals surface area contributed by atoms with Crippen LogP contribution in [0.3, 0.4) is 0 Å². The minimum atomic E-state index is -0.981. The van der Waals surface area contributed by atoms with Crippen LogP contribution < -0.4 is 0 Å². The molecule has 0 unspecified atom stereocenters. The molecule has 0 radical (unpaired) electrons. The van der Waals surface area contributed by atoms with Gasteiger partial charge in [-0.25, -0.2) is 4.79 Å². The van der Waals surface area contributed by atoms with Gasteiger partial charge in [0.1, 0.15) is 0 Å². The van der Waals surface area contributed by atoms with Crippen LogP contribution in [-0.2, 0) is 8.64 Å². The summed E-state index contributed by atoms with van der Waals surface area (Å²) in [6.07, 6.45) is 0.833. The fourth-order valence-electron chi connectivity index (χ4n) is 0. The maximum Gasteiger partial charge on any atom is 0.327 e. The number of hydrogen-bond acceptors (Lipinski definition) is 2. The lowest BCUT2D eigenvalue weighted by Crippen LogP contribution is -1.82. The van der Waals surface area contributed by atoms with Crippen molar-refractivity contribution in [3.63, 3.8) is 0 Å². The molecule has 0 aliphatic rings. The SMILES string of the molecule is C=CC(=O)O.ClOCl. The fraction of sp³-hybridized carbons (Fsp3) is 0. The van der Waals surface area contributed by atoms with Crippen molar-refractivity contribution < 1.29 is 13.7 Å². The zero-order valence-corrected chi connectivity index (χ0v) is 5.32. The molecule has 0 heterocycles. The monoisotopic (exact) mass is 158 g/mol. The molecule has 5 heteroatoms. The standard InChI is InChI=1S/C3H4O2.Cl2O/c1-2-3(4)5;1-3-2/h2H,1H2,(H,4,5);. The highest BCUT2D eigenvalue weighted by Crippen LogP contribution is 1.78. The van der Waals surface area contributed by atoms with Gasteiger partial charge in [-0.05, 0) is 0 Å². The topological polar surface area (TPSA) is 46.5 Å². The molecule has 0 amide bonds. The first kappa shape index (κ1) is 10.7. The Labute approximate surface area is 56.8 Å². The van der Waals surface area contributed by atoms with Gasteiger partial charge in [-0.15, -0.1) is 0 Å². The minimum absolute atomic E-state index is 0.833. The Bertz CT molecular complexity index is 72.9. The normalized spacial score (nSPS) is 6.25. The number of carboxylic acid groups (broad SMARTS) is 1. The van der Waals surface area contributed by atoms with Crippen LogP contribution in [0.4, 0.5) is 0 Å². The van der Waals surface area contributed by atoms with Gasteiger partial charge in [-0.1, -0.05) is 6.58 Å². The van der Waals surface area contributed by atoms with E-state index >= 15 is 0 Å². The molecule has 0 aliphatic carbocycles. The van der Waals surface area contributed by atoms with E-state index in [2.05, 4.69) is 34.2 Å². The third-order valence-electron chi connectivity index (χ3n) is 0.175. The Morgan fingerprint density at radius 1 is 1.75 bits per heavy atom. The lowest BCUT2D eigenvalue weighted by Gasteiger charge is -1.64. The summed E-state index contributed by atoms with van der Waals surface area (Å²) in [7, 11) is 0. The van der Waals surface area contributed by atoms with E-state index in [1.54, 1.807) is 0 Å². The third kappa shape index (κ3) is 42.4. The van der Waals surface area contributed by atoms with Crippen LogP contribution in [0, 0.1) is 0 Å². The molecule has 48 valence electrons. The van der Waals surface area contributed by atoms with Crippen molar-refractivity contribution >= 4 is 29.7 Å². The molecule has 0 saturated heterocycles. The zero-order chi connectivity index (χ0) is 6.99. The zero-order valence-electron chi connectivity index (χ0n) is 3.80. The van der Waals surface area contributed by atoms with Crippen LogP contribution >= 0.6 is 23.7 Å². The first-order valence-corrected chi connectivity index (χ1v) is 2.05. The largest absolute Gasteiger partial charge is 0.478 e. The second-order valence-electron chi connectivity index (χ2n) is 0.601. The summed E-state index contributed by atoms with van der Waals surface area (Å²) in [4.78, 5) is 9.25. The van der Waals surface area contributed by atoms with Crippen molar-refractivity contribution in [2.75, 3.05) is 0 Å². The molecule has 0 bridgehead atoms. The average Bonchev–Trinajstić information content (AvgIpc) is 1.69. The minimum Gasteiger partial charge on any atom is -0.478 e. The van der Waals surface area contributed by atoms with E-state index in [0.717, 1.165) is 6.08 Å². The van der Waals surface area contributed by atoms with E-state index in [1.807, 2.05) is 0 Å². The number of hydrogen-bond donors (Lipinski definition) is 1. The molecule has 0 fully saturated rings. The van der Waals surface area contributed by atoms with E-state index in [1.165, 1.54) is 0 Å². The predicted molar refractivity (Wildman–Crippen MR) is 30.6 cm³/mol. The van der Waals surface area contributed by atoms with E-state index < -0.39 is 5.97 Å². The highest BCUT2D eigenvalue weighted by molar-refractivity contribution is 6.24. The van der Waals surface area contributed by atoms with E-state index in [0.29, 0.717) is 0 Å². The summed E-state index contributed by atoms with van der Waals surface area (Å²) in [5.74, 6) is -0.981. The van der Waals surface area contributed by atoms with Crippen molar-refractivity contribution in [2.24, 2.45) is 0 Å². The molecule has 0 saturated carbocycles. The summed E-state index contributed by atoms with van der Waals surface area (Å²) >= 11 is 8.53. The summed E-state index contributed by atoms with van der Waals surface area (Å²) < 4.78 is 3.19. The summed E-state index contributed by atoms with van der Waals surface area (Å²) in [6.45, 7) is 2.96. The molecule has 0 rings (SSSR count). The Kier molecular flexibility index (Phi) is 13.2. The van der Waals surface area contributed by atoms with Crippen molar-refractivity contribution in [2.45, 2.75) is 0 Å². The molecule has 0 aliphatic heterocycles. The van der Waals surface area contributed by atoms with Gasteiger partial charge in [0.15, 0.2) is 0 Å². The van der Waals surface area contributed by atoms with Crippen LogP contribution in [0.5, 0.6) is 0 Å². The van der Waals surface area contributed by atoms with Crippen molar-refractivity contribution in [1.29, 1.82) is 0 Å². The molecule has 0 atom stereocenters. The first-order valence-electron chi connectivity index (χ1n) is 1.43. The van der Waals surface area contributed by atoms with Gasteiger partial charge in [-0.3, -0.25) is 0 Å². The molecule has 0 spiro atoms. The fourth-order valence-corrected chi connectivity index (χ4v) is 0. The van der Waals surface area contributed by atoms with Crippen LogP contribution in [0.25, 0.3) is 0 Å². The quantitative estimate of drug-likeness (QED) is 0.590. The number of halogens is 2. The summed E-state index contributed by atoms with van der Waals surface area (Å²) in [5.41, 5.74) is 0. The maximum atomic E-state index is 9.25. The highest BCUT2D eigenvalue weighted by Gasteiger charge is 1.73. The maximum absolute atomic E-state index is 9.25. The lowest BCUT2D eigenvalue weighted by molar-refractivity contribution is -0.131. The van der Waals surface area contributed by atoms with Gasteiger partial charge in [0, 0.05) is 6.08 Å². The second-order valence-corrected chi connectivity index (χ2v) is 1.07. The predicted octanol–water partition coefficient (Wildman–Crippen LogP) is 1.57. The molecule has 3 nitrogen and oxygen atoms in total. The molecule has 0 aromatic rings. The lowest BCUT2D eigenvalue weighted by atomic mass is 10.7. The van der Waals surface area contributed by atoms with Gasteiger partial charge in [-0.2, -0.15) is 3.84 Å². The molecule has 8 heavy (non-hydrogen) atoms. The van der Waals surface area contributed by atoms with Gasteiger partial charge in [0.05, 0.1) is 23.7 Å². The molecular weight excluding hydrogens is 155 g/mol. The number of carbonyl (C=O) groups is 1. The molecule has 0 aromatic carbocycles. The molecular formula is C3H4Cl2O3. The highest BCUT2D eigenvalue weighted by atomic mass is 35.6. The van der Waals surface area contributed by atoms with Gasteiger partial charge in [0.25, 0.3) is 0 Å². The van der Waals surface area contributed by atoms with Crippen LogP contribution in [0.1, 0.15) is 0 Å². The Morgan fingerprint density at radius 3 is 1.88 bits per heavy atom. The van der Waals surface area contributed by atoms with Crippen LogP contribution in [0.15, 0.2) is 12.7 Å². The number of carboxylic acids is 1. The smallest absolute Gasteiger partial charge is 0.327 e. The van der Waals surface area contributed by atoms with Crippen molar-refractivity contribution in [3.05, 3.63) is 12.7 Å². The second kappa shape index (κ2) is 9.89. The van der Waals surface area contributed by atoms with Gasteiger partial charge in [0.2, 0.25) is 0 Å². The van der Waals surface area contributed by atoms with Crippen LogP contribution in [-0.4, -0.2) is 11.1 Å². The van der Waals surface area contributed by atoms with Crippen LogP contribution in [0.2, 0.25) is 0 Å².